The highest BCUT2D eigenvalue weighted by molar-refractivity contribution is 6.31. The van der Waals surface area contributed by atoms with Crippen LogP contribution < -0.4 is 5.32 Å². The standard InChI is InChI=1S/C27H20ClFN6O4/c28-21-10-11-22(35-15-30-32-33-35)20(24(21)29)9-12-23(36)34-14-13-16-3-1-2-4-19(16)25(34)26(37)31-18-7-5-17(6-8-18)27(38)39/h1-12,15,25H,13-14H2,(H,31,37)(H,38,39)/t25-/m0/s1. The van der Waals surface area contributed by atoms with Gasteiger partial charge in [0.15, 0.2) is 5.82 Å². The van der Waals surface area contributed by atoms with Crippen molar-refractivity contribution in [3.8, 4) is 5.69 Å². The maximum atomic E-state index is 15.0. The monoisotopic (exact) mass is 546 g/mol. The molecule has 196 valence electrons. The number of fused-ring (bicyclic) bond motifs is 1. The minimum absolute atomic E-state index is 0.0000753. The summed E-state index contributed by atoms with van der Waals surface area (Å²) < 4.78 is 16.2. The maximum absolute atomic E-state index is 15.0. The number of tetrazole rings is 1. The summed E-state index contributed by atoms with van der Waals surface area (Å²) in [6.07, 6.45) is 4.26. The third-order valence-corrected chi connectivity index (χ3v) is 6.60. The van der Waals surface area contributed by atoms with E-state index in [1.54, 1.807) is 12.1 Å². The average Bonchev–Trinajstić information content (AvgIpc) is 3.48. The van der Waals surface area contributed by atoms with Gasteiger partial charge in [-0.1, -0.05) is 35.9 Å². The van der Waals surface area contributed by atoms with E-state index in [1.165, 1.54) is 64.5 Å². The third-order valence-electron chi connectivity index (χ3n) is 6.31. The van der Waals surface area contributed by atoms with Crippen LogP contribution in [0.15, 0.2) is 73.1 Å². The van der Waals surface area contributed by atoms with E-state index in [4.69, 9.17) is 16.7 Å². The molecule has 2 N–H and O–H groups in total. The molecule has 1 atom stereocenters. The van der Waals surface area contributed by atoms with Gasteiger partial charge in [0.1, 0.15) is 12.4 Å². The van der Waals surface area contributed by atoms with Crippen molar-refractivity contribution in [2.45, 2.75) is 12.5 Å². The van der Waals surface area contributed by atoms with E-state index >= 15 is 0 Å². The number of hydrogen-bond acceptors (Lipinski definition) is 6. The molecule has 2 heterocycles. The lowest BCUT2D eigenvalue weighted by Crippen LogP contribution is -2.44. The van der Waals surface area contributed by atoms with Crippen molar-refractivity contribution >= 4 is 41.1 Å². The summed E-state index contributed by atoms with van der Waals surface area (Å²) in [5.41, 5.74) is 2.31. The van der Waals surface area contributed by atoms with Gasteiger partial charge in [0.05, 0.1) is 16.3 Å². The molecule has 39 heavy (non-hydrogen) atoms. The topological polar surface area (TPSA) is 130 Å². The number of halogens is 2. The zero-order valence-corrected chi connectivity index (χ0v) is 20.9. The van der Waals surface area contributed by atoms with Crippen LogP contribution in [0.2, 0.25) is 5.02 Å². The Morgan fingerprint density at radius 3 is 2.56 bits per heavy atom. The van der Waals surface area contributed by atoms with Crippen molar-refractivity contribution in [3.63, 3.8) is 0 Å². The Bertz CT molecular complexity index is 1590. The molecule has 10 nitrogen and oxygen atoms in total. The first-order chi connectivity index (χ1) is 18.8. The third kappa shape index (κ3) is 5.25. The molecule has 0 spiro atoms. The van der Waals surface area contributed by atoms with E-state index in [9.17, 15) is 18.8 Å². The maximum Gasteiger partial charge on any atom is 0.335 e. The highest BCUT2D eigenvalue weighted by Crippen LogP contribution is 2.32. The van der Waals surface area contributed by atoms with Crippen LogP contribution in [0.4, 0.5) is 10.1 Å². The summed E-state index contributed by atoms with van der Waals surface area (Å²) in [6, 6.07) is 14.9. The van der Waals surface area contributed by atoms with Crippen LogP contribution in [-0.4, -0.2) is 54.5 Å². The van der Waals surface area contributed by atoms with Crippen molar-refractivity contribution in [1.29, 1.82) is 0 Å². The minimum atomic E-state index is -1.09. The van der Waals surface area contributed by atoms with Gasteiger partial charge >= 0.3 is 5.97 Å². The predicted molar refractivity (Wildman–Crippen MR) is 140 cm³/mol. The Morgan fingerprint density at radius 1 is 1.08 bits per heavy atom. The van der Waals surface area contributed by atoms with E-state index in [-0.39, 0.29) is 28.4 Å². The zero-order valence-electron chi connectivity index (χ0n) is 20.2. The normalized spacial score (nSPS) is 14.7. The lowest BCUT2D eigenvalue weighted by atomic mass is 9.91. The van der Waals surface area contributed by atoms with Crippen LogP contribution >= 0.6 is 11.6 Å². The number of nitrogens with zero attached hydrogens (tertiary/aromatic N) is 5. The molecule has 0 fully saturated rings. The van der Waals surface area contributed by atoms with Gasteiger partial charge < -0.3 is 15.3 Å². The molecule has 1 aromatic heterocycles. The van der Waals surface area contributed by atoms with Crippen molar-refractivity contribution in [2.24, 2.45) is 0 Å². The molecule has 3 aromatic carbocycles. The molecule has 1 aliphatic heterocycles. The number of rotatable bonds is 6. The fourth-order valence-corrected chi connectivity index (χ4v) is 4.59. The number of carbonyl (C=O) groups is 3. The van der Waals surface area contributed by atoms with Crippen molar-refractivity contribution in [2.75, 3.05) is 11.9 Å². The van der Waals surface area contributed by atoms with E-state index in [0.29, 0.717) is 17.7 Å². The second-order valence-electron chi connectivity index (χ2n) is 8.64. The smallest absolute Gasteiger partial charge is 0.335 e. The van der Waals surface area contributed by atoms with Gasteiger partial charge in [-0.05, 0) is 70.4 Å². The molecule has 0 aliphatic carbocycles. The summed E-state index contributed by atoms with van der Waals surface area (Å²) in [6.45, 7) is 0.244. The van der Waals surface area contributed by atoms with Gasteiger partial charge in [0.2, 0.25) is 5.91 Å². The second-order valence-corrected chi connectivity index (χ2v) is 9.04. The SMILES string of the molecule is O=C(O)c1ccc(NC(=O)[C@@H]2c3ccccc3CCN2C(=O)C=Cc2c(-n3cnnn3)ccc(Cl)c2F)cc1. The molecule has 2 amide bonds. The number of benzene rings is 3. The first kappa shape index (κ1) is 25.7. The Labute approximate surface area is 226 Å². The Kier molecular flexibility index (Phi) is 7.15. The fraction of sp³-hybridized carbons (Fsp3) is 0.111. The number of aromatic carboxylic acids is 1. The predicted octanol–water partition coefficient (Wildman–Crippen LogP) is 3.93. The van der Waals surface area contributed by atoms with Gasteiger partial charge in [-0.15, -0.1) is 5.10 Å². The van der Waals surface area contributed by atoms with Crippen LogP contribution in [0, 0.1) is 5.82 Å². The molecule has 0 saturated carbocycles. The zero-order chi connectivity index (χ0) is 27.5. The van der Waals surface area contributed by atoms with Gasteiger partial charge in [-0.25, -0.2) is 9.18 Å². The first-order valence-electron chi connectivity index (χ1n) is 11.8. The number of hydrogen-bond donors (Lipinski definition) is 2. The molecular weight excluding hydrogens is 527 g/mol. The van der Waals surface area contributed by atoms with E-state index < -0.39 is 29.6 Å². The number of nitrogens with one attached hydrogen (secondary N) is 1. The van der Waals surface area contributed by atoms with Gasteiger partial charge in [-0.2, -0.15) is 4.68 Å². The number of carboxylic acid groups (broad SMARTS) is 1. The molecular formula is C27H20ClFN6O4. The summed E-state index contributed by atoms with van der Waals surface area (Å²) in [5.74, 6) is -2.84. The number of amides is 2. The summed E-state index contributed by atoms with van der Waals surface area (Å²) in [4.78, 5) is 39.5. The fourth-order valence-electron chi connectivity index (χ4n) is 4.43. The Balaban J connectivity index is 1.45. The molecule has 12 heteroatoms. The van der Waals surface area contributed by atoms with E-state index in [2.05, 4.69) is 20.8 Å². The van der Waals surface area contributed by atoms with Crippen LogP contribution in [-0.2, 0) is 16.0 Å². The number of aromatic nitrogens is 4. The molecule has 5 rings (SSSR count). The minimum Gasteiger partial charge on any atom is -0.478 e. The molecule has 1 aliphatic rings. The second kappa shape index (κ2) is 10.8. The molecule has 0 unspecified atom stereocenters. The summed E-state index contributed by atoms with van der Waals surface area (Å²) in [7, 11) is 0. The van der Waals surface area contributed by atoms with Crippen molar-refractivity contribution in [1.82, 2.24) is 25.1 Å². The van der Waals surface area contributed by atoms with Crippen LogP contribution in [0.1, 0.15) is 33.1 Å². The molecule has 0 bridgehead atoms. The number of anilines is 1. The molecule has 4 aromatic rings. The lowest BCUT2D eigenvalue weighted by molar-refractivity contribution is -0.135. The number of carbonyl (C=O) groups excluding carboxylic acids is 2. The van der Waals surface area contributed by atoms with Crippen molar-refractivity contribution < 1.29 is 23.9 Å². The van der Waals surface area contributed by atoms with Crippen LogP contribution in [0.3, 0.4) is 0 Å². The lowest BCUT2D eigenvalue weighted by Gasteiger charge is -2.35. The average molecular weight is 547 g/mol. The largest absolute Gasteiger partial charge is 0.478 e. The van der Waals surface area contributed by atoms with Gasteiger partial charge in [-0.3, -0.25) is 9.59 Å². The summed E-state index contributed by atoms with van der Waals surface area (Å²) in [5, 5.41) is 22.7. The highest BCUT2D eigenvalue weighted by Gasteiger charge is 2.35. The van der Waals surface area contributed by atoms with Crippen LogP contribution in [0.5, 0.6) is 0 Å². The highest BCUT2D eigenvalue weighted by atomic mass is 35.5. The summed E-state index contributed by atoms with van der Waals surface area (Å²) >= 11 is 5.99. The van der Waals surface area contributed by atoms with Crippen LogP contribution in [0.25, 0.3) is 11.8 Å². The quantitative estimate of drug-likeness (QED) is 0.350. The van der Waals surface area contributed by atoms with Crippen molar-refractivity contribution in [3.05, 3.63) is 106 Å². The van der Waals surface area contributed by atoms with E-state index in [1.807, 2.05) is 12.1 Å². The Hall–Kier alpha value is -4.90. The van der Waals surface area contributed by atoms with E-state index in [0.717, 1.165) is 5.56 Å². The Morgan fingerprint density at radius 2 is 1.85 bits per heavy atom. The molecule has 0 radical (unpaired) electrons. The molecule has 0 saturated heterocycles. The van der Waals surface area contributed by atoms with Gasteiger partial charge in [0, 0.05) is 23.9 Å². The first-order valence-corrected chi connectivity index (χ1v) is 12.1. The number of carboxylic acids is 1. The van der Waals surface area contributed by atoms with Gasteiger partial charge in [0.25, 0.3) is 5.91 Å².